The number of aliphatic imine (C=N–C) groups is 1. The Morgan fingerprint density at radius 2 is 2.12 bits per heavy atom. The Kier molecular flexibility index (Phi) is 7.69. The van der Waals surface area contributed by atoms with E-state index in [1.807, 2.05) is 19.9 Å². The van der Waals surface area contributed by atoms with Crippen molar-refractivity contribution in [3.05, 3.63) is 30.1 Å². The van der Waals surface area contributed by atoms with Crippen molar-refractivity contribution in [3.63, 3.8) is 0 Å². The van der Waals surface area contributed by atoms with E-state index in [0.29, 0.717) is 13.1 Å². The summed E-state index contributed by atoms with van der Waals surface area (Å²) in [6.45, 7) is 6.63. The van der Waals surface area contributed by atoms with Gasteiger partial charge < -0.3 is 20.9 Å². The molecule has 0 bridgehead atoms. The summed E-state index contributed by atoms with van der Waals surface area (Å²) < 4.78 is 13.5. The summed E-state index contributed by atoms with van der Waals surface area (Å²) in [7, 11) is 1.73. The van der Waals surface area contributed by atoms with Gasteiger partial charge in [0.25, 0.3) is 0 Å². The highest BCUT2D eigenvalue weighted by Gasteiger charge is 2.21. The third-order valence-corrected chi connectivity index (χ3v) is 4.40. The van der Waals surface area contributed by atoms with E-state index in [0.717, 1.165) is 37.6 Å². The van der Waals surface area contributed by atoms with Gasteiger partial charge in [0.15, 0.2) is 5.96 Å². The second-order valence-corrected chi connectivity index (χ2v) is 6.85. The molecule has 1 unspecified atom stereocenters. The van der Waals surface area contributed by atoms with Crippen LogP contribution in [0, 0.1) is 11.7 Å². The molecule has 1 aliphatic heterocycles. The molecule has 1 aromatic carbocycles. The summed E-state index contributed by atoms with van der Waals surface area (Å²) in [5.41, 5.74) is 0.913. The van der Waals surface area contributed by atoms with Crippen LogP contribution < -0.4 is 20.9 Å². The molecule has 26 heavy (non-hydrogen) atoms. The van der Waals surface area contributed by atoms with Crippen LogP contribution in [0.2, 0.25) is 0 Å². The smallest absolute Gasteiger partial charge is 0.222 e. The molecular formula is C19H30FN5O. The van der Waals surface area contributed by atoms with Crippen molar-refractivity contribution in [3.8, 4) is 0 Å². The Bertz CT molecular complexity index is 620. The number of anilines is 1. The third-order valence-electron chi connectivity index (χ3n) is 4.40. The number of amides is 1. The molecule has 1 fully saturated rings. The van der Waals surface area contributed by atoms with E-state index in [-0.39, 0.29) is 23.7 Å². The van der Waals surface area contributed by atoms with E-state index < -0.39 is 0 Å². The first-order valence-corrected chi connectivity index (χ1v) is 9.25. The van der Waals surface area contributed by atoms with Crippen molar-refractivity contribution in [2.75, 3.05) is 38.1 Å². The molecule has 1 aromatic rings. The molecule has 3 N–H and O–H groups in total. The summed E-state index contributed by atoms with van der Waals surface area (Å²) >= 11 is 0. The number of nitrogens with one attached hydrogen (secondary N) is 3. The van der Waals surface area contributed by atoms with E-state index in [1.54, 1.807) is 19.2 Å². The molecule has 144 valence electrons. The van der Waals surface area contributed by atoms with E-state index in [4.69, 9.17) is 0 Å². The van der Waals surface area contributed by atoms with Crippen LogP contribution in [0.4, 0.5) is 10.1 Å². The first-order chi connectivity index (χ1) is 12.5. The molecule has 1 atom stereocenters. The van der Waals surface area contributed by atoms with Gasteiger partial charge in [-0.05, 0) is 31.0 Å². The molecule has 0 aliphatic carbocycles. The molecular weight excluding hydrogens is 333 g/mol. The highest BCUT2D eigenvalue weighted by atomic mass is 19.1. The molecule has 0 spiro atoms. The molecule has 2 rings (SSSR count). The molecule has 1 amide bonds. The van der Waals surface area contributed by atoms with Gasteiger partial charge in [-0.15, -0.1) is 0 Å². The lowest BCUT2D eigenvalue weighted by Gasteiger charge is -2.35. The largest absolute Gasteiger partial charge is 0.369 e. The normalized spacial score (nSPS) is 18.0. The number of nitrogens with zero attached hydrogens (tertiary/aromatic N) is 2. The molecule has 0 aromatic heterocycles. The maximum atomic E-state index is 13.5. The molecule has 1 aliphatic rings. The van der Waals surface area contributed by atoms with Gasteiger partial charge in [-0.1, -0.05) is 19.9 Å². The number of guanidine groups is 1. The number of halogens is 1. The van der Waals surface area contributed by atoms with Crippen LogP contribution in [-0.2, 0) is 4.79 Å². The Labute approximate surface area is 155 Å². The summed E-state index contributed by atoms with van der Waals surface area (Å²) in [4.78, 5) is 18.0. The quantitative estimate of drug-likeness (QED) is 0.409. The van der Waals surface area contributed by atoms with Crippen LogP contribution in [0.5, 0.6) is 0 Å². The number of rotatable bonds is 6. The van der Waals surface area contributed by atoms with Crippen molar-refractivity contribution in [1.82, 2.24) is 16.0 Å². The van der Waals surface area contributed by atoms with Crippen LogP contribution in [0.25, 0.3) is 0 Å². The zero-order chi connectivity index (χ0) is 18.9. The Hall–Kier alpha value is -2.31. The zero-order valence-electron chi connectivity index (χ0n) is 15.9. The fourth-order valence-electron chi connectivity index (χ4n) is 2.96. The summed E-state index contributed by atoms with van der Waals surface area (Å²) in [6, 6.07) is 6.96. The van der Waals surface area contributed by atoms with Crippen LogP contribution in [-0.4, -0.2) is 51.1 Å². The van der Waals surface area contributed by atoms with Gasteiger partial charge in [0.1, 0.15) is 5.82 Å². The van der Waals surface area contributed by atoms with Crippen LogP contribution in [0.3, 0.4) is 0 Å². The number of benzene rings is 1. The van der Waals surface area contributed by atoms with Crippen molar-refractivity contribution in [1.29, 1.82) is 0 Å². The molecule has 1 saturated heterocycles. The van der Waals surface area contributed by atoms with Crippen LogP contribution >= 0.6 is 0 Å². The lowest BCUT2D eigenvalue weighted by atomic mass is 10.0. The number of piperidine rings is 1. The second-order valence-electron chi connectivity index (χ2n) is 6.85. The predicted octanol–water partition coefficient (Wildman–Crippen LogP) is 1.73. The number of carbonyl (C=O) groups excluding carboxylic acids is 1. The second kappa shape index (κ2) is 9.99. The van der Waals surface area contributed by atoms with Gasteiger partial charge in [0, 0.05) is 50.9 Å². The van der Waals surface area contributed by atoms with Crippen LogP contribution in [0.15, 0.2) is 29.3 Å². The Morgan fingerprint density at radius 1 is 1.35 bits per heavy atom. The molecule has 0 saturated carbocycles. The third kappa shape index (κ3) is 6.20. The standard InChI is InChI=1S/C19H30FN5O/c1-14(2)18(26)22-9-10-23-19(21-3)24-16-7-5-11-25(13-16)17-8-4-6-15(20)12-17/h4,6,8,12,14,16H,5,7,9-11,13H2,1-3H3,(H,22,26)(H2,21,23,24). The molecule has 7 heteroatoms. The lowest BCUT2D eigenvalue weighted by Crippen LogP contribution is -2.52. The average Bonchev–Trinajstić information content (AvgIpc) is 2.64. The van der Waals surface area contributed by atoms with E-state index in [1.165, 1.54) is 6.07 Å². The average molecular weight is 363 g/mol. The highest BCUT2D eigenvalue weighted by molar-refractivity contribution is 5.80. The van der Waals surface area contributed by atoms with Gasteiger partial charge in [0.05, 0.1) is 0 Å². The van der Waals surface area contributed by atoms with Gasteiger partial charge in [-0.3, -0.25) is 9.79 Å². The SMILES string of the molecule is CN=C(NCCNC(=O)C(C)C)NC1CCCN(c2cccc(F)c2)C1. The zero-order valence-corrected chi connectivity index (χ0v) is 15.9. The molecule has 1 heterocycles. The fraction of sp³-hybridized carbons (Fsp3) is 0.579. The van der Waals surface area contributed by atoms with Gasteiger partial charge >= 0.3 is 0 Å². The minimum atomic E-state index is -0.210. The highest BCUT2D eigenvalue weighted by Crippen LogP contribution is 2.20. The summed E-state index contributed by atoms with van der Waals surface area (Å²) in [5, 5.41) is 9.51. The van der Waals surface area contributed by atoms with Gasteiger partial charge in [-0.25, -0.2) is 4.39 Å². The molecule has 0 radical (unpaired) electrons. The topological polar surface area (TPSA) is 68.8 Å². The van der Waals surface area contributed by atoms with Crippen molar-refractivity contribution < 1.29 is 9.18 Å². The number of hydrogen-bond acceptors (Lipinski definition) is 3. The lowest BCUT2D eigenvalue weighted by molar-refractivity contribution is -0.123. The number of hydrogen-bond donors (Lipinski definition) is 3. The number of carbonyl (C=O) groups is 1. The van der Waals surface area contributed by atoms with E-state index >= 15 is 0 Å². The first-order valence-electron chi connectivity index (χ1n) is 9.25. The van der Waals surface area contributed by atoms with E-state index in [9.17, 15) is 9.18 Å². The van der Waals surface area contributed by atoms with Gasteiger partial charge in [-0.2, -0.15) is 0 Å². The molecule has 6 nitrogen and oxygen atoms in total. The van der Waals surface area contributed by atoms with Crippen molar-refractivity contribution in [2.24, 2.45) is 10.9 Å². The van der Waals surface area contributed by atoms with E-state index in [2.05, 4.69) is 25.8 Å². The summed E-state index contributed by atoms with van der Waals surface area (Å²) in [5.74, 6) is 0.546. The Balaban J connectivity index is 1.79. The van der Waals surface area contributed by atoms with Crippen molar-refractivity contribution >= 4 is 17.6 Å². The summed E-state index contributed by atoms with van der Waals surface area (Å²) in [6.07, 6.45) is 2.08. The van der Waals surface area contributed by atoms with Crippen LogP contribution in [0.1, 0.15) is 26.7 Å². The fourth-order valence-corrected chi connectivity index (χ4v) is 2.96. The monoisotopic (exact) mass is 363 g/mol. The predicted molar refractivity (Wildman–Crippen MR) is 104 cm³/mol. The Morgan fingerprint density at radius 3 is 2.81 bits per heavy atom. The van der Waals surface area contributed by atoms with Crippen molar-refractivity contribution in [2.45, 2.75) is 32.7 Å². The van der Waals surface area contributed by atoms with Gasteiger partial charge in [0.2, 0.25) is 5.91 Å². The maximum absolute atomic E-state index is 13.5. The maximum Gasteiger partial charge on any atom is 0.222 e. The minimum Gasteiger partial charge on any atom is -0.369 e. The minimum absolute atomic E-state index is 0.0107. The first kappa shape index (κ1) is 20.0.